The van der Waals surface area contributed by atoms with Crippen molar-refractivity contribution < 1.29 is 1.43 Å². The molecule has 1 heteroatoms. The van der Waals surface area contributed by atoms with Crippen LogP contribution in [0.1, 0.15) is 34.5 Å². The van der Waals surface area contributed by atoms with E-state index in [4.69, 9.17) is 0 Å². The van der Waals surface area contributed by atoms with Crippen LogP contribution in [0.3, 0.4) is 0 Å². The Balaban J connectivity index is 0.000001000. The van der Waals surface area contributed by atoms with Crippen LogP contribution in [-0.2, 0) is 0 Å². The largest absolute Gasteiger partial charge is 0.314 e. The maximum atomic E-state index is 3.39. The van der Waals surface area contributed by atoms with Gasteiger partial charge >= 0.3 is 0 Å². The van der Waals surface area contributed by atoms with Crippen molar-refractivity contribution in [2.24, 2.45) is 0 Å². The summed E-state index contributed by atoms with van der Waals surface area (Å²) in [5.41, 5.74) is 1.44. The first-order valence-electron chi connectivity index (χ1n) is 4.16. The van der Waals surface area contributed by atoms with Crippen LogP contribution in [-0.4, -0.2) is 12.6 Å². The Kier molecular flexibility index (Phi) is 2.94. The summed E-state index contributed by atoms with van der Waals surface area (Å²) in [6.45, 7) is 5.56. The zero-order chi connectivity index (χ0) is 7.40. The van der Waals surface area contributed by atoms with E-state index in [0.29, 0.717) is 0 Å². The molecule has 0 unspecified atom stereocenters. The van der Waals surface area contributed by atoms with Crippen molar-refractivity contribution >= 4 is 0 Å². The Bertz CT molecular complexity index is 124. The average Bonchev–Trinajstić information content (AvgIpc) is 1.75. The molecule has 0 aliphatic carbocycles. The summed E-state index contributed by atoms with van der Waals surface area (Å²) in [5.74, 6) is 0. The number of nitrogens with one attached hydrogen (secondary N) is 1. The highest BCUT2D eigenvalue weighted by atomic mass is 15.0. The van der Waals surface area contributed by atoms with Gasteiger partial charge in [-0.2, -0.15) is 0 Å². The summed E-state index contributed by atoms with van der Waals surface area (Å²) >= 11 is 0. The Labute approximate surface area is 65.0 Å². The zero-order valence-corrected chi connectivity index (χ0v) is 6.98. The highest BCUT2D eigenvalue weighted by Gasteiger charge is 2.13. The van der Waals surface area contributed by atoms with Crippen molar-refractivity contribution in [1.29, 1.82) is 0 Å². The third-order valence-electron chi connectivity index (χ3n) is 1.99. The fourth-order valence-electron chi connectivity index (χ4n) is 1.17. The number of hydrogen-bond donors (Lipinski definition) is 1. The minimum absolute atomic E-state index is 0. The zero-order valence-electron chi connectivity index (χ0n) is 6.98. The van der Waals surface area contributed by atoms with Gasteiger partial charge in [0.1, 0.15) is 0 Å². The van der Waals surface area contributed by atoms with E-state index in [1.807, 2.05) is 0 Å². The Morgan fingerprint density at radius 2 is 2.40 bits per heavy atom. The van der Waals surface area contributed by atoms with Gasteiger partial charge in [-0.25, -0.2) is 0 Å². The van der Waals surface area contributed by atoms with E-state index in [1.54, 1.807) is 0 Å². The van der Waals surface area contributed by atoms with Gasteiger partial charge in [-0.15, -0.1) is 0 Å². The molecular weight excluding hydrogens is 122 g/mol. The van der Waals surface area contributed by atoms with E-state index in [1.165, 1.54) is 31.4 Å². The molecule has 0 aromatic rings. The smallest absolute Gasteiger partial charge is 0.00821 e. The molecule has 0 bridgehead atoms. The maximum absolute atomic E-state index is 3.39. The minimum Gasteiger partial charge on any atom is -0.314 e. The van der Waals surface area contributed by atoms with E-state index in [0.717, 1.165) is 6.04 Å². The molecule has 0 spiro atoms. The molecule has 60 valence electrons. The first-order valence-corrected chi connectivity index (χ1v) is 4.16. The van der Waals surface area contributed by atoms with Crippen LogP contribution in [0.4, 0.5) is 0 Å². The molecule has 0 saturated carbocycles. The highest BCUT2D eigenvalue weighted by molar-refractivity contribution is 4.94. The Morgan fingerprint density at radius 1 is 1.70 bits per heavy atom. The van der Waals surface area contributed by atoms with Crippen LogP contribution in [0.15, 0.2) is 11.6 Å². The fraction of sp³-hybridized carbons (Fsp3) is 0.778. The van der Waals surface area contributed by atoms with Crippen molar-refractivity contribution in [2.45, 2.75) is 39.2 Å². The molecule has 1 aliphatic heterocycles. The second-order valence-electron chi connectivity index (χ2n) is 3.30. The predicted octanol–water partition coefficient (Wildman–Crippen LogP) is 2.34. The molecule has 0 amide bonds. The molecule has 1 aliphatic rings. The number of hydrogen-bond acceptors (Lipinski definition) is 1. The fourth-order valence-corrected chi connectivity index (χ4v) is 1.17. The van der Waals surface area contributed by atoms with Gasteiger partial charge < -0.3 is 5.32 Å². The number of allylic oxidation sites excluding steroid dienone is 2. The van der Waals surface area contributed by atoms with Crippen molar-refractivity contribution in [3.8, 4) is 0 Å². The summed E-state index contributed by atoms with van der Waals surface area (Å²) in [7, 11) is 0. The maximum Gasteiger partial charge on any atom is 0.00821 e. The second kappa shape index (κ2) is 3.77. The lowest BCUT2D eigenvalue weighted by Crippen LogP contribution is -2.42. The third-order valence-corrected chi connectivity index (χ3v) is 1.99. The van der Waals surface area contributed by atoms with Crippen LogP contribution >= 0.6 is 0 Å². The van der Waals surface area contributed by atoms with E-state index in [2.05, 4.69) is 25.2 Å². The van der Waals surface area contributed by atoms with E-state index in [-0.39, 0.29) is 1.43 Å². The number of rotatable bonds is 3. The molecular formula is C9H19N. The van der Waals surface area contributed by atoms with Gasteiger partial charge in [-0.1, -0.05) is 11.6 Å². The molecule has 1 rings (SSSR count). The Hall–Kier alpha value is -0.300. The monoisotopic (exact) mass is 141 g/mol. The van der Waals surface area contributed by atoms with Crippen molar-refractivity contribution in [3.63, 3.8) is 0 Å². The molecule has 0 aromatic heterocycles. The molecule has 1 nitrogen and oxygen atoms in total. The quantitative estimate of drug-likeness (QED) is 0.595. The van der Waals surface area contributed by atoms with Crippen LogP contribution in [0, 0.1) is 0 Å². The first-order chi connectivity index (χ1) is 4.79. The van der Waals surface area contributed by atoms with Crippen LogP contribution in [0.2, 0.25) is 0 Å². The molecule has 1 saturated heterocycles. The standard InChI is InChI=1S/C9H17N.H2/c1-8(2)4-3-5-9-6-7-10-9;/h4,9-10H,3,5-7H2,1-2H3;1H/t9-;/m0./s1. The summed E-state index contributed by atoms with van der Waals surface area (Å²) in [4.78, 5) is 0. The molecule has 1 N–H and O–H groups in total. The molecule has 1 fully saturated rings. The van der Waals surface area contributed by atoms with E-state index >= 15 is 0 Å². The van der Waals surface area contributed by atoms with Crippen LogP contribution in [0.5, 0.6) is 0 Å². The average molecular weight is 141 g/mol. The van der Waals surface area contributed by atoms with Gasteiger partial charge in [0.15, 0.2) is 0 Å². The van der Waals surface area contributed by atoms with Gasteiger partial charge in [0.25, 0.3) is 0 Å². The Morgan fingerprint density at radius 3 is 2.80 bits per heavy atom. The first kappa shape index (κ1) is 7.80. The molecule has 1 heterocycles. The van der Waals surface area contributed by atoms with E-state index in [9.17, 15) is 0 Å². The summed E-state index contributed by atoms with van der Waals surface area (Å²) < 4.78 is 0. The van der Waals surface area contributed by atoms with Gasteiger partial charge in [0.05, 0.1) is 0 Å². The summed E-state index contributed by atoms with van der Waals surface area (Å²) in [6.07, 6.45) is 6.28. The second-order valence-corrected chi connectivity index (χ2v) is 3.30. The van der Waals surface area contributed by atoms with Crippen LogP contribution in [0.25, 0.3) is 0 Å². The lowest BCUT2D eigenvalue weighted by molar-refractivity contribution is 0.353. The minimum atomic E-state index is 0. The van der Waals surface area contributed by atoms with Gasteiger partial charge in [-0.05, 0) is 39.7 Å². The van der Waals surface area contributed by atoms with Crippen molar-refractivity contribution in [3.05, 3.63) is 11.6 Å². The van der Waals surface area contributed by atoms with Gasteiger partial charge in [0.2, 0.25) is 0 Å². The lowest BCUT2D eigenvalue weighted by Gasteiger charge is -2.26. The molecule has 10 heavy (non-hydrogen) atoms. The van der Waals surface area contributed by atoms with Gasteiger partial charge in [0, 0.05) is 7.47 Å². The SMILES string of the molecule is CC(C)=CCC[C@H]1CCN1.[HH]. The normalized spacial score (nSPS) is 23.6. The molecule has 0 radical (unpaired) electrons. The summed E-state index contributed by atoms with van der Waals surface area (Å²) in [6, 6.07) is 0.829. The van der Waals surface area contributed by atoms with Crippen LogP contribution < -0.4 is 5.32 Å². The van der Waals surface area contributed by atoms with Crippen molar-refractivity contribution in [2.75, 3.05) is 6.54 Å². The van der Waals surface area contributed by atoms with Gasteiger partial charge in [-0.3, -0.25) is 0 Å². The summed E-state index contributed by atoms with van der Waals surface area (Å²) in [5, 5.41) is 3.39. The lowest BCUT2D eigenvalue weighted by atomic mass is 10.0. The molecule has 0 aromatic carbocycles. The predicted molar refractivity (Wildman–Crippen MR) is 47.2 cm³/mol. The third kappa shape index (κ3) is 2.53. The topological polar surface area (TPSA) is 12.0 Å². The van der Waals surface area contributed by atoms with Crippen molar-refractivity contribution in [1.82, 2.24) is 5.32 Å². The van der Waals surface area contributed by atoms with E-state index < -0.39 is 0 Å². The highest BCUT2D eigenvalue weighted by Crippen LogP contribution is 2.09. The molecule has 1 atom stereocenters.